The van der Waals surface area contributed by atoms with Crippen molar-refractivity contribution >= 4 is 22.2 Å². The van der Waals surface area contributed by atoms with Crippen molar-refractivity contribution in [2.24, 2.45) is 0 Å². The Labute approximate surface area is 88.5 Å². The zero-order chi connectivity index (χ0) is 10.7. The summed E-state index contributed by atoms with van der Waals surface area (Å²) in [6.45, 7) is 1.61. The zero-order valence-corrected chi connectivity index (χ0v) is 9.01. The molecular formula is C9H8BrF2NO. The first-order valence-electron chi connectivity index (χ1n) is 3.89. The summed E-state index contributed by atoms with van der Waals surface area (Å²) in [4.78, 5) is 14.5. The van der Waals surface area contributed by atoms with Crippen molar-refractivity contribution < 1.29 is 13.6 Å². The maximum absolute atomic E-state index is 12.4. The van der Waals surface area contributed by atoms with Crippen LogP contribution in [0.5, 0.6) is 0 Å². The third-order valence-corrected chi connectivity index (χ3v) is 2.52. The largest absolute Gasteiger partial charge is 0.298 e. The second-order valence-electron chi connectivity index (χ2n) is 2.75. The maximum atomic E-state index is 12.4. The van der Waals surface area contributed by atoms with E-state index in [-0.39, 0.29) is 11.1 Å². The maximum Gasteiger partial charge on any atom is 0.266 e. The van der Waals surface area contributed by atoms with Crippen molar-refractivity contribution in [1.82, 2.24) is 4.98 Å². The van der Waals surface area contributed by atoms with E-state index in [1.54, 1.807) is 6.92 Å². The third-order valence-electron chi connectivity index (χ3n) is 1.99. The van der Waals surface area contributed by atoms with E-state index in [2.05, 4.69) is 20.9 Å². The lowest BCUT2D eigenvalue weighted by Crippen LogP contribution is -2.02. The molecule has 2 nitrogen and oxygen atoms in total. The van der Waals surface area contributed by atoms with Crippen LogP contribution < -0.4 is 0 Å². The normalized spacial score (nSPS) is 10.6. The minimum atomic E-state index is -2.66. The Balaban J connectivity index is 3.35. The van der Waals surface area contributed by atoms with E-state index < -0.39 is 6.43 Å². The van der Waals surface area contributed by atoms with Gasteiger partial charge < -0.3 is 0 Å². The summed E-state index contributed by atoms with van der Waals surface area (Å²) in [5.74, 6) is 0. The molecule has 0 aliphatic carbocycles. The highest BCUT2D eigenvalue weighted by Crippen LogP contribution is 2.25. The van der Waals surface area contributed by atoms with Gasteiger partial charge in [-0.15, -0.1) is 0 Å². The molecule has 5 heteroatoms. The smallest absolute Gasteiger partial charge is 0.266 e. The fraction of sp³-hybridized carbons (Fsp3) is 0.333. The Bertz CT molecular complexity index is 355. The fourth-order valence-electron chi connectivity index (χ4n) is 1.15. The first-order valence-corrected chi connectivity index (χ1v) is 5.01. The highest BCUT2D eigenvalue weighted by atomic mass is 79.9. The van der Waals surface area contributed by atoms with Crippen molar-refractivity contribution in [3.63, 3.8) is 0 Å². The third kappa shape index (κ3) is 1.97. The number of carbonyl (C=O) groups excluding carboxylic acids is 1. The number of carbonyl (C=O) groups is 1. The van der Waals surface area contributed by atoms with Gasteiger partial charge in [0.15, 0.2) is 6.29 Å². The van der Waals surface area contributed by atoms with Gasteiger partial charge in [0, 0.05) is 22.7 Å². The van der Waals surface area contributed by atoms with Crippen LogP contribution in [0.4, 0.5) is 8.78 Å². The van der Waals surface area contributed by atoms with E-state index in [1.165, 1.54) is 0 Å². The molecule has 1 heterocycles. The molecule has 0 radical (unpaired) electrons. The molecule has 0 bridgehead atoms. The molecule has 0 unspecified atom stereocenters. The molecule has 0 aliphatic rings. The van der Waals surface area contributed by atoms with E-state index in [0.717, 1.165) is 6.20 Å². The lowest BCUT2D eigenvalue weighted by atomic mass is 10.0. The van der Waals surface area contributed by atoms with E-state index in [1.807, 2.05) is 0 Å². The Morgan fingerprint density at radius 1 is 1.64 bits per heavy atom. The van der Waals surface area contributed by atoms with Crippen LogP contribution in [0.25, 0.3) is 0 Å². The molecule has 0 saturated carbocycles. The summed E-state index contributed by atoms with van der Waals surface area (Å²) in [6.07, 6.45) is -1.16. The number of hydrogen-bond acceptors (Lipinski definition) is 2. The van der Waals surface area contributed by atoms with Crippen LogP contribution in [0.2, 0.25) is 0 Å². The molecule has 1 rings (SSSR count). The zero-order valence-electron chi connectivity index (χ0n) is 7.43. The number of alkyl halides is 3. The molecule has 0 aromatic carbocycles. The Kier molecular flexibility index (Phi) is 3.69. The Hall–Kier alpha value is -0.840. The number of hydrogen-bond donors (Lipinski definition) is 0. The van der Waals surface area contributed by atoms with Crippen LogP contribution in [0.15, 0.2) is 6.20 Å². The molecule has 1 aromatic rings. The minimum absolute atomic E-state index is 0.0458. The summed E-state index contributed by atoms with van der Waals surface area (Å²) >= 11 is 3.17. The molecule has 76 valence electrons. The van der Waals surface area contributed by atoms with Gasteiger partial charge in [0.2, 0.25) is 0 Å². The lowest BCUT2D eigenvalue weighted by Gasteiger charge is -2.08. The van der Waals surface area contributed by atoms with E-state index in [0.29, 0.717) is 22.9 Å². The van der Waals surface area contributed by atoms with Gasteiger partial charge in [-0.3, -0.25) is 9.78 Å². The van der Waals surface area contributed by atoms with Crippen molar-refractivity contribution in [2.75, 3.05) is 0 Å². The summed E-state index contributed by atoms with van der Waals surface area (Å²) in [5, 5.41) is 0.448. The van der Waals surface area contributed by atoms with E-state index in [9.17, 15) is 13.6 Å². The SMILES string of the molecule is Cc1c(CBr)ncc(C(F)F)c1C=O. The van der Waals surface area contributed by atoms with E-state index in [4.69, 9.17) is 0 Å². The number of nitrogens with zero attached hydrogens (tertiary/aromatic N) is 1. The van der Waals surface area contributed by atoms with Crippen LogP contribution in [0.3, 0.4) is 0 Å². The van der Waals surface area contributed by atoms with Gasteiger partial charge in [-0.05, 0) is 12.5 Å². The van der Waals surface area contributed by atoms with Crippen molar-refractivity contribution in [2.45, 2.75) is 18.7 Å². The van der Waals surface area contributed by atoms with Crippen LogP contribution in [0, 0.1) is 6.92 Å². The van der Waals surface area contributed by atoms with Gasteiger partial charge >= 0.3 is 0 Å². The van der Waals surface area contributed by atoms with Crippen LogP contribution in [0.1, 0.15) is 33.6 Å². The van der Waals surface area contributed by atoms with Gasteiger partial charge in [0.25, 0.3) is 6.43 Å². The van der Waals surface area contributed by atoms with Crippen molar-refractivity contribution in [3.8, 4) is 0 Å². The number of rotatable bonds is 3. The average Bonchev–Trinajstić information content (AvgIpc) is 2.17. The monoisotopic (exact) mass is 263 g/mol. The number of aromatic nitrogens is 1. The number of pyridine rings is 1. The van der Waals surface area contributed by atoms with Crippen LogP contribution >= 0.6 is 15.9 Å². The minimum Gasteiger partial charge on any atom is -0.298 e. The Morgan fingerprint density at radius 2 is 2.29 bits per heavy atom. The first kappa shape index (κ1) is 11.2. The molecule has 1 aromatic heterocycles. The summed E-state index contributed by atoms with van der Waals surface area (Å²) in [7, 11) is 0. The highest BCUT2D eigenvalue weighted by Gasteiger charge is 2.16. The molecule has 0 spiro atoms. The van der Waals surface area contributed by atoms with Crippen LogP contribution in [-0.4, -0.2) is 11.3 Å². The second-order valence-corrected chi connectivity index (χ2v) is 3.31. The van der Waals surface area contributed by atoms with Gasteiger partial charge in [0.1, 0.15) is 0 Å². The Morgan fingerprint density at radius 3 is 2.71 bits per heavy atom. The molecular weight excluding hydrogens is 256 g/mol. The van der Waals surface area contributed by atoms with Gasteiger partial charge in [-0.25, -0.2) is 8.78 Å². The highest BCUT2D eigenvalue weighted by molar-refractivity contribution is 9.08. The molecule has 14 heavy (non-hydrogen) atoms. The predicted molar refractivity (Wildman–Crippen MR) is 51.9 cm³/mol. The summed E-state index contributed by atoms with van der Waals surface area (Å²) in [6, 6.07) is 0. The molecule has 0 atom stereocenters. The molecule has 0 N–H and O–H groups in total. The molecule has 0 saturated heterocycles. The summed E-state index contributed by atoms with van der Waals surface area (Å²) < 4.78 is 24.8. The first-order chi connectivity index (χ1) is 6.61. The quantitative estimate of drug-likeness (QED) is 0.620. The molecule has 0 amide bonds. The molecule has 0 fully saturated rings. The average molecular weight is 264 g/mol. The fourth-order valence-corrected chi connectivity index (χ4v) is 1.72. The lowest BCUT2D eigenvalue weighted by molar-refractivity contribution is 0.110. The van der Waals surface area contributed by atoms with Crippen molar-refractivity contribution in [1.29, 1.82) is 0 Å². The topological polar surface area (TPSA) is 30.0 Å². The molecule has 0 aliphatic heterocycles. The van der Waals surface area contributed by atoms with Crippen molar-refractivity contribution in [3.05, 3.63) is 28.6 Å². The standard InChI is InChI=1S/C9H8BrF2NO/c1-5-7(4-14)6(9(11)12)3-13-8(5)2-10/h3-4,9H,2H2,1H3. The number of halogens is 3. The predicted octanol–water partition coefficient (Wildman–Crippen LogP) is 3.04. The second kappa shape index (κ2) is 4.59. The van der Waals surface area contributed by atoms with E-state index >= 15 is 0 Å². The van der Waals surface area contributed by atoms with Gasteiger partial charge in [-0.2, -0.15) is 0 Å². The number of aldehydes is 1. The summed E-state index contributed by atoms with van der Waals surface area (Å²) in [5.41, 5.74) is 0.859. The van der Waals surface area contributed by atoms with Gasteiger partial charge in [0.05, 0.1) is 5.69 Å². The van der Waals surface area contributed by atoms with Crippen LogP contribution in [-0.2, 0) is 5.33 Å². The van der Waals surface area contributed by atoms with Gasteiger partial charge in [-0.1, -0.05) is 15.9 Å².